The van der Waals surface area contributed by atoms with Crippen LogP contribution in [0.4, 0.5) is 0 Å². The van der Waals surface area contributed by atoms with E-state index in [-0.39, 0.29) is 18.0 Å². The zero-order valence-electron chi connectivity index (χ0n) is 8.70. The molecule has 1 aliphatic heterocycles. The van der Waals surface area contributed by atoms with Gasteiger partial charge in [-0.3, -0.25) is 9.69 Å². The van der Waals surface area contributed by atoms with Gasteiger partial charge in [0, 0.05) is 18.6 Å². The predicted octanol–water partition coefficient (Wildman–Crippen LogP) is -0.313. The standard InChI is InChI=1S/C10H19N3O/c1-7-6-13(8-2-3-8)9(4-5-11)10(14)12-7/h7-9H,2-6,11H2,1H3,(H,12,14). The van der Waals surface area contributed by atoms with E-state index in [4.69, 9.17) is 5.73 Å². The minimum atomic E-state index is 0.0312. The van der Waals surface area contributed by atoms with Crippen molar-refractivity contribution in [3.05, 3.63) is 0 Å². The van der Waals surface area contributed by atoms with Crippen LogP contribution in [0.1, 0.15) is 26.2 Å². The Hall–Kier alpha value is -0.610. The highest BCUT2D eigenvalue weighted by atomic mass is 16.2. The zero-order chi connectivity index (χ0) is 10.1. The van der Waals surface area contributed by atoms with E-state index >= 15 is 0 Å². The van der Waals surface area contributed by atoms with E-state index in [2.05, 4.69) is 17.1 Å². The first-order valence-electron chi connectivity index (χ1n) is 5.48. The monoisotopic (exact) mass is 197 g/mol. The van der Waals surface area contributed by atoms with E-state index in [0.717, 1.165) is 13.0 Å². The van der Waals surface area contributed by atoms with Crippen molar-refractivity contribution in [2.45, 2.75) is 44.3 Å². The van der Waals surface area contributed by atoms with Crippen LogP contribution in [0.25, 0.3) is 0 Å². The SMILES string of the molecule is CC1CN(C2CC2)C(CCN)C(=O)N1. The smallest absolute Gasteiger partial charge is 0.237 e. The fraction of sp³-hybridized carbons (Fsp3) is 0.900. The van der Waals surface area contributed by atoms with Crippen LogP contribution in [-0.2, 0) is 4.79 Å². The van der Waals surface area contributed by atoms with Crippen LogP contribution in [0.5, 0.6) is 0 Å². The summed E-state index contributed by atoms with van der Waals surface area (Å²) in [6.45, 7) is 3.64. The largest absolute Gasteiger partial charge is 0.351 e. The number of amides is 1. The fourth-order valence-electron chi connectivity index (χ4n) is 2.24. The molecule has 2 unspecified atom stereocenters. The molecule has 1 saturated heterocycles. The van der Waals surface area contributed by atoms with Gasteiger partial charge >= 0.3 is 0 Å². The first-order chi connectivity index (χ1) is 6.72. The van der Waals surface area contributed by atoms with Gasteiger partial charge in [0.2, 0.25) is 5.91 Å². The number of nitrogens with one attached hydrogen (secondary N) is 1. The molecule has 1 heterocycles. The third kappa shape index (κ3) is 1.91. The molecular formula is C10H19N3O. The minimum Gasteiger partial charge on any atom is -0.351 e. The summed E-state index contributed by atoms with van der Waals surface area (Å²) in [5.74, 6) is 0.168. The van der Waals surface area contributed by atoms with Crippen LogP contribution in [0.15, 0.2) is 0 Å². The summed E-state index contributed by atoms with van der Waals surface area (Å²) in [5, 5.41) is 2.99. The van der Waals surface area contributed by atoms with Gasteiger partial charge in [-0.05, 0) is 32.7 Å². The van der Waals surface area contributed by atoms with Crippen molar-refractivity contribution in [1.29, 1.82) is 0 Å². The number of rotatable bonds is 3. The minimum absolute atomic E-state index is 0.0312. The molecule has 80 valence electrons. The Morgan fingerprint density at radius 3 is 2.86 bits per heavy atom. The van der Waals surface area contributed by atoms with Crippen molar-refractivity contribution >= 4 is 5.91 Å². The molecule has 2 fully saturated rings. The Labute approximate surface area is 84.8 Å². The Kier molecular flexibility index (Phi) is 2.74. The maximum absolute atomic E-state index is 11.7. The van der Waals surface area contributed by atoms with E-state index in [1.54, 1.807) is 0 Å². The molecule has 1 amide bonds. The maximum atomic E-state index is 11.7. The second kappa shape index (κ2) is 3.87. The van der Waals surface area contributed by atoms with Crippen LogP contribution in [0, 0.1) is 0 Å². The molecule has 2 atom stereocenters. The first-order valence-corrected chi connectivity index (χ1v) is 5.48. The molecular weight excluding hydrogens is 178 g/mol. The van der Waals surface area contributed by atoms with E-state index in [1.807, 2.05) is 0 Å². The van der Waals surface area contributed by atoms with Gasteiger partial charge in [0.25, 0.3) is 0 Å². The van der Waals surface area contributed by atoms with Gasteiger partial charge in [-0.2, -0.15) is 0 Å². The van der Waals surface area contributed by atoms with E-state index in [9.17, 15) is 4.79 Å². The summed E-state index contributed by atoms with van der Waals surface area (Å²) in [7, 11) is 0. The summed E-state index contributed by atoms with van der Waals surface area (Å²) >= 11 is 0. The lowest BCUT2D eigenvalue weighted by molar-refractivity contribution is -0.131. The molecule has 0 bridgehead atoms. The molecule has 0 aromatic rings. The molecule has 14 heavy (non-hydrogen) atoms. The molecule has 4 nitrogen and oxygen atoms in total. The maximum Gasteiger partial charge on any atom is 0.237 e. The van der Waals surface area contributed by atoms with Gasteiger partial charge in [-0.1, -0.05) is 0 Å². The summed E-state index contributed by atoms with van der Waals surface area (Å²) in [4.78, 5) is 14.1. The van der Waals surface area contributed by atoms with Crippen molar-refractivity contribution in [3.63, 3.8) is 0 Å². The molecule has 0 aromatic carbocycles. The van der Waals surface area contributed by atoms with Crippen molar-refractivity contribution < 1.29 is 4.79 Å². The number of hydrogen-bond donors (Lipinski definition) is 2. The summed E-state index contributed by atoms with van der Waals surface area (Å²) in [6.07, 6.45) is 3.29. The first kappa shape index (κ1) is 9.93. The second-order valence-corrected chi connectivity index (χ2v) is 4.43. The van der Waals surface area contributed by atoms with E-state index in [1.165, 1.54) is 12.8 Å². The summed E-state index contributed by atoms with van der Waals surface area (Å²) in [5.41, 5.74) is 5.53. The van der Waals surface area contributed by atoms with Gasteiger partial charge < -0.3 is 11.1 Å². The van der Waals surface area contributed by atoms with E-state index in [0.29, 0.717) is 12.6 Å². The zero-order valence-corrected chi connectivity index (χ0v) is 8.70. The molecule has 2 aliphatic rings. The number of hydrogen-bond acceptors (Lipinski definition) is 3. The Balaban J connectivity index is 2.04. The molecule has 2 rings (SSSR count). The molecule has 0 aromatic heterocycles. The van der Waals surface area contributed by atoms with Crippen LogP contribution in [0.2, 0.25) is 0 Å². The highest BCUT2D eigenvalue weighted by Crippen LogP contribution is 2.30. The lowest BCUT2D eigenvalue weighted by Crippen LogP contribution is -2.60. The number of piperazine rings is 1. The predicted molar refractivity (Wildman–Crippen MR) is 54.8 cm³/mol. The van der Waals surface area contributed by atoms with Gasteiger partial charge in [0.1, 0.15) is 0 Å². The van der Waals surface area contributed by atoms with Crippen LogP contribution < -0.4 is 11.1 Å². The highest BCUT2D eigenvalue weighted by molar-refractivity contribution is 5.83. The number of nitrogens with two attached hydrogens (primary N) is 1. The third-order valence-corrected chi connectivity index (χ3v) is 3.03. The Morgan fingerprint density at radius 1 is 1.57 bits per heavy atom. The van der Waals surface area contributed by atoms with Crippen molar-refractivity contribution in [1.82, 2.24) is 10.2 Å². The Morgan fingerprint density at radius 2 is 2.29 bits per heavy atom. The quantitative estimate of drug-likeness (QED) is 0.652. The van der Waals surface area contributed by atoms with Gasteiger partial charge in [0.05, 0.1) is 6.04 Å². The van der Waals surface area contributed by atoms with Crippen LogP contribution in [-0.4, -0.2) is 42.0 Å². The normalized spacial score (nSPS) is 34.3. The number of carbonyl (C=O) groups is 1. The van der Waals surface area contributed by atoms with Crippen LogP contribution >= 0.6 is 0 Å². The molecule has 3 N–H and O–H groups in total. The molecule has 4 heteroatoms. The molecule has 0 spiro atoms. The summed E-state index contributed by atoms with van der Waals surface area (Å²) in [6, 6.07) is 0.973. The molecule has 1 saturated carbocycles. The Bertz CT molecular complexity index is 227. The van der Waals surface area contributed by atoms with Gasteiger partial charge in [-0.25, -0.2) is 0 Å². The number of nitrogens with zero attached hydrogens (tertiary/aromatic N) is 1. The lowest BCUT2D eigenvalue weighted by atomic mass is 10.1. The lowest BCUT2D eigenvalue weighted by Gasteiger charge is -2.38. The average Bonchev–Trinajstić information content (AvgIpc) is 2.92. The summed E-state index contributed by atoms with van der Waals surface area (Å²) < 4.78 is 0. The van der Waals surface area contributed by atoms with Gasteiger partial charge in [-0.15, -0.1) is 0 Å². The van der Waals surface area contributed by atoms with Crippen molar-refractivity contribution in [2.24, 2.45) is 5.73 Å². The van der Waals surface area contributed by atoms with Crippen molar-refractivity contribution in [2.75, 3.05) is 13.1 Å². The van der Waals surface area contributed by atoms with Crippen molar-refractivity contribution in [3.8, 4) is 0 Å². The second-order valence-electron chi connectivity index (χ2n) is 4.43. The van der Waals surface area contributed by atoms with E-state index < -0.39 is 0 Å². The highest BCUT2D eigenvalue weighted by Gasteiger charge is 2.40. The van der Waals surface area contributed by atoms with Gasteiger partial charge in [0.15, 0.2) is 0 Å². The van der Waals surface area contributed by atoms with Crippen LogP contribution in [0.3, 0.4) is 0 Å². The average molecular weight is 197 g/mol. The molecule has 1 aliphatic carbocycles. The molecule has 0 radical (unpaired) electrons. The fourth-order valence-corrected chi connectivity index (χ4v) is 2.24. The topological polar surface area (TPSA) is 58.4 Å². The third-order valence-electron chi connectivity index (χ3n) is 3.03. The number of carbonyl (C=O) groups excluding carboxylic acids is 1.